The van der Waals surface area contributed by atoms with E-state index in [9.17, 15) is 4.21 Å². The van der Waals surface area contributed by atoms with Crippen molar-refractivity contribution >= 4 is 85.9 Å². The molecule has 20 heavy (non-hydrogen) atoms. The summed E-state index contributed by atoms with van der Waals surface area (Å²) in [5.41, 5.74) is 1.89. The molecule has 0 unspecified atom stereocenters. The number of hydrogen-bond donors (Lipinski definition) is 0. The molecule has 0 spiro atoms. The van der Waals surface area contributed by atoms with Crippen LogP contribution in [-0.4, -0.2) is 11.3 Å². The van der Waals surface area contributed by atoms with Crippen molar-refractivity contribution in [1.82, 2.24) is 0 Å². The smallest absolute Gasteiger partial charge is 0.0893 e. The van der Waals surface area contributed by atoms with Gasteiger partial charge in [0.05, 0.1) is 32.0 Å². The van der Waals surface area contributed by atoms with E-state index >= 15 is 0 Å². The molecule has 1 aliphatic rings. The molecular weight excluding hydrogens is 538 g/mol. The van der Waals surface area contributed by atoms with Gasteiger partial charge in [0.25, 0.3) is 0 Å². The molecule has 1 heterocycles. The molecule has 0 aliphatic carbocycles. The third kappa shape index (κ3) is 2.35. The number of fused-ring (bicyclic) bond motifs is 2. The fourth-order valence-electron chi connectivity index (χ4n) is 2.11. The van der Waals surface area contributed by atoms with Crippen LogP contribution in [0.3, 0.4) is 0 Å². The van der Waals surface area contributed by atoms with Crippen molar-refractivity contribution in [2.24, 2.45) is 0 Å². The van der Waals surface area contributed by atoms with Crippen LogP contribution in [0.4, 0.5) is 11.4 Å². The Labute approximate surface area is 152 Å². The Bertz CT molecular complexity index is 701. The van der Waals surface area contributed by atoms with Crippen LogP contribution in [0.25, 0.3) is 0 Å². The summed E-state index contributed by atoms with van der Waals surface area (Å²) in [6.07, 6.45) is 0. The predicted octanol–water partition coefficient (Wildman–Crippen LogP) is 5.98. The molecule has 0 saturated heterocycles. The lowest BCUT2D eigenvalue weighted by Gasteiger charge is -2.30. The fraction of sp³-hybridized carbons (Fsp3) is 0.0769. The molecule has 0 N–H and O–H groups in total. The third-order valence-electron chi connectivity index (χ3n) is 3.13. The second kappa shape index (κ2) is 5.50. The van der Waals surface area contributed by atoms with Gasteiger partial charge in [0.15, 0.2) is 0 Å². The van der Waals surface area contributed by atoms with E-state index in [1.165, 1.54) is 0 Å². The van der Waals surface area contributed by atoms with Gasteiger partial charge in [-0.25, -0.2) is 4.21 Å². The topological polar surface area (TPSA) is 20.3 Å². The molecule has 0 bridgehead atoms. The zero-order valence-electron chi connectivity index (χ0n) is 10.1. The maximum absolute atomic E-state index is 12.8. The first-order chi connectivity index (χ1) is 9.40. The number of benzene rings is 2. The first-order valence-corrected chi connectivity index (χ1v) is 9.86. The Kier molecular flexibility index (Phi) is 4.18. The summed E-state index contributed by atoms with van der Waals surface area (Å²) >= 11 is 13.9. The molecule has 2 aromatic rings. The minimum absolute atomic E-state index is 0.810. The number of rotatable bonds is 0. The molecule has 0 atom stereocenters. The van der Waals surface area contributed by atoms with Crippen molar-refractivity contribution in [3.8, 4) is 0 Å². The van der Waals surface area contributed by atoms with Gasteiger partial charge in [-0.3, -0.25) is 0 Å². The van der Waals surface area contributed by atoms with Gasteiger partial charge >= 0.3 is 0 Å². The van der Waals surface area contributed by atoms with Crippen molar-refractivity contribution in [1.29, 1.82) is 0 Å². The predicted molar refractivity (Wildman–Crippen MR) is 96.4 cm³/mol. The largest absolute Gasteiger partial charge is 0.343 e. The average Bonchev–Trinajstić information content (AvgIpc) is 2.41. The van der Waals surface area contributed by atoms with E-state index in [2.05, 4.69) is 68.6 Å². The number of anilines is 2. The van der Waals surface area contributed by atoms with Crippen molar-refractivity contribution in [3.63, 3.8) is 0 Å². The summed E-state index contributed by atoms with van der Waals surface area (Å²) in [4.78, 5) is 3.68. The summed E-state index contributed by atoms with van der Waals surface area (Å²) < 4.78 is 16.5. The number of hydrogen-bond acceptors (Lipinski definition) is 2. The van der Waals surface area contributed by atoms with Crippen LogP contribution in [0.15, 0.2) is 51.9 Å². The Morgan fingerprint density at radius 1 is 0.800 bits per heavy atom. The van der Waals surface area contributed by atoms with E-state index in [1.807, 2.05) is 31.3 Å². The molecule has 0 amide bonds. The second-order valence-electron chi connectivity index (χ2n) is 4.30. The van der Waals surface area contributed by atoms with Crippen LogP contribution in [-0.2, 0) is 10.8 Å². The van der Waals surface area contributed by atoms with Crippen molar-refractivity contribution in [3.05, 3.63) is 42.2 Å². The summed E-state index contributed by atoms with van der Waals surface area (Å²) in [6, 6.07) is 7.78. The maximum atomic E-state index is 12.8. The summed E-state index contributed by atoms with van der Waals surface area (Å²) in [5, 5.41) is 0. The van der Waals surface area contributed by atoms with E-state index in [1.54, 1.807) is 0 Å². The standard InChI is InChI=1S/C13H7Br4NOS/c1-18-10-2-6(14)8(16)4-12(10)20(19)13-5-9(17)7(15)3-11(13)18/h2-5H,1H3. The molecule has 7 heteroatoms. The molecule has 2 nitrogen and oxygen atoms in total. The molecule has 2 aromatic carbocycles. The van der Waals surface area contributed by atoms with Gasteiger partial charge in [-0.05, 0) is 88.0 Å². The van der Waals surface area contributed by atoms with E-state index in [0.717, 1.165) is 39.1 Å². The lowest BCUT2D eigenvalue weighted by atomic mass is 10.2. The SMILES string of the molecule is CN1c2cc(Br)c(Br)cc2S(=O)c2cc(Br)c(Br)cc21. The Hall–Kier alpha value is 0.310. The molecule has 0 radical (unpaired) electrons. The monoisotopic (exact) mass is 541 g/mol. The first kappa shape index (κ1) is 15.2. The van der Waals surface area contributed by atoms with E-state index in [0.29, 0.717) is 0 Å². The highest BCUT2D eigenvalue weighted by atomic mass is 79.9. The van der Waals surface area contributed by atoms with Gasteiger partial charge in [-0.2, -0.15) is 0 Å². The van der Waals surface area contributed by atoms with Crippen LogP contribution in [0.1, 0.15) is 0 Å². The van der Waals surface area contributed by atoms with Crippen molar-refractivity contribution < 1.29 is 4.21 Å². The fourth-order valence-corrected chi connectivity index (χ4v) is 5.22. The van der Waals surface area contributed by atoms with Crippen LogP contribution in [0.2, 0.25) is 0 Å². The molecule has 104 valence electrons. The molecule has 0 fully saturated rings. The van der Waals surface area contributed by atoms with Gasteiger partial charge in [0.1, 0.15) is 0 Å². The van der Waals surface area contributed by atoms with E-state index in [-0.39, 0.29) is 0 Å². The van der Waals surface area contributed by atoms with Gasteiger partial charge in [0.2, 0.25) is 0 Å². The quantitative estimate of drug-likeness (QED) is 0.406. The highest BCUT2D eigenvalue weighted by Gasteiger charge is 2.28. The minimum Gasteiger partial charge on any atom is -0.343 e. The van der Waals surface area contributed by atoms with Crippen molar-refractivity contribution in [2.45, 2.75) is 9.79 Å². The molecule has 0 aromatic heterocycles. The zero-order valence-corrected chi connectivity index (χ0v) is 17.2. The Morgan fingerprint density at radius 3 is 1.55 bits per heavy atom. The van der Waals surface area contributed by atoms with Crippen LogP contribution < -0.4 is 4.90 Å². The van der Waals surface area contributed by atoms with Gasteiger partial charge < -0.3 is 4.90 Å². The lowest BCUT2D eigenvalue weighted by Crippen LogP contribution is -2.19. The second-order valence-corrected chi connectivity index (χ2v) is 9.13. The summed E-state index contributed by atoms with van der Waals surface area (Å²) in [5.74, 6) is 0. The molecular formula is C13H7Br4NOS. The molecule has 0 saturated carbocycles. The normalized spacial score (nSPS) is 14.2. The van der Waals surface area contributed by atoms with Gasteiger partial charge in [0, 0.05) is 24.9 Å². The Balaban J connectivity index is 2.30. The Morgan fingerprint density at radius 2 is 1.15 bits per heavy atom. The summed E-state index contributed by atoms with van der Waals surface area (Å²) in [7, 11) is 0.790. The lowest BCUT2D eigenvalue weighted by molar-refractivity contribution is 0.681. The average molecular weight is 545 g/mol. The third-order valence-corrected chi connectivity index (χ3v) is 8.27. The van der Waals surface area contributed by atoms with E-state index in [4.69, 9.17) is 0 Å². The maximum Gasteiger partial charge on any atom is 0.0893 e. The first-order valence-electron chi connectivity index (χ1n) is 5.53. The highest BCUT2D eigenvalue weighted by molar-refractivity contribution is 9.13. The van der Waals surface area contributed by atoms with Crippen LogP contribution >= 0.6 is 63.7 Å². The van der Waals surface area contributed by atoms with Gasteiger partial charge in [-0.15, -0.1) is 0 Å². The zero-order chi connectivity index (χ0) is 14.6. The molecule has 1 aliphatic heterocycles. The van der Waals surface area contributed by atoms with Crippen molar-refractivity contribution in [2.75, 3.05) is 11.9 Å². The van der Waals surface area contributed by atoms with Gasteiger partial charge in [-0.1, -0.05) is 0 Å². The highest BCUT2D eigenvalue weighted by Crippen LogP contribution is 2.46. The van der Waals surface area contributed by atoms with Crippen LogP contribution in [0.5, 0.6) is 0 Å². The van der Waals surface area contributed by atoms with E-state index < -0.39 is 10.8 Å². The minimum atomic E-state index is -1.19. The summed E-state index contributed by atoms with van der Waals surface area (Å²) in [6.45, 7) is 0. The number of halogens is 4. The van der Waals surface area contributed by atoms with Crippen LogP contribution in [0, 0.1) is 0 Å². The molecule has 3 rings (SSSR count). The number of nitrogens with zero attached hydrogens (tertiary/aromatic N) is 1.